The predicted molar refractivity (Wildman–Crippen MR) is 50.5 cm³/mol. The van der Waals surface area contributed by atoms with Crippen LogP contribution in [0.15, 0.2) is 30.3 Å². The molecular weight excluding hydrogens is 172 g/mol. The van der Waals surface area contributed by atoms with Gasteiger partial charge in [0.05, 0.1) is 0 Å². The molecule has 1 aromatic carbocycles. The summed E-state index contributed by atoms with van der Waals surface area (Å²) in [4.78, 5) is 10.8. The highest BCUT2D eigenvalue weighted by Gasteiger charge is 1.98. The van der Waals surface area contributed by atoms with E-state index in [0.29, 0.717) is 0 Å². The highest BCUT2D eigenvalue weighted by Crippen LogP contribution is 2.08. The monoisotopic (exact) mass is 182 g/mol. The highest BCUT2D eigenvalue weighted by atomic mass is 32.2. The number of carbonyl (C=O) groups excluding carboxylic acids is 1. The number of para-hydroxylation sites is 1. The number of thioether (sulfide) groups is 1. The molecule has 0 spiro atoms. The van der Waals surface area contributed by atoms with Gasteiger partial charge < -0.3 is 4.74 Å². The Hall–Kier alpha value is -0.960. The van der Waals surface area contributed by atoms with E-state index in [1.54, 1.807) is 6.26 Å². The Morgan fingerprint density at radius 1 is 1.42 bits per heavy atom. The van der Waals surface area contributed by atoms with Crippen LogP contribution >= 0.6 is 11.8 Å². The van der Waals surface area contributed by atoms with Crippen molar-refractivity contribution in [2.45, 2.75) is 0 Å². The second-order valence-corrected chi connectivity index (χ2v) is 3.04. The Bertz CT molecular complexity index is 246. The van der Waals surface area contributed by atoms with Crippen LogP contribution in [0.25, 0.3) is 0 Å². The molecule has 0 saturated heterocycles. The molecule has 0 aromatic heterocycles. The summed E-state index contributed by atoms with van der Waals surface area (Å²) in [6.07, 6.45) is 1.75. The van der Waals surface area contributed by atoms with Crippen molar-refractivity contribution in [2.24, 2.45) is 0 Å². The first kappa shape index (κ1) is 9.13. The fourth-order valence-electron chi connectivity index (χ4n) is 0.718. The molecule has 0 fully saturated rings. The summed E-state index contributed by atoms with van der Waals surface area (Å²) >= 11 is 1.18. The summed E-state index contributed by atoms with van der Waals surface area (Å²) in [5.41, 5.74) is 0. The van der Waals surface area contributed by atoms with E-state index in [2.05, 4.69) is 0 Å². The molecule has 2 nitrogen and oxygen atoms in total. The average Bonchev–Trinajstić information content (AvgIpc) is 2.16. The van der Waals surface area contributed by atoms with Crippen molar-refractivity contribution in [3.05, 3.63) is 30.3 Å². The number of hydrogen-bond donors (Lipinski definition) is 0. The van der Waals surface area contributed by atoms with Gasteiger partial charge in [0, 0.05) is 0 Å². The fraction of sp³-hybridized carbons (Fsp3) is 0.222. The SMILES string of the molecule is CSC(=O)COc1ccccc1. The smallest absolute Gasteiger partial charge is 0.226 e. The predicted octanol–water partition coefficient (Wildman–Crippen LogP) is 1.95. The Labute approximate surface area is 75.9 Å². The molecule has 0 bridgehead atoms. The largest absolute Gasteiger partial charge is 0.485 e. The van der Waals surface area contributed by atoms with Crippen molar-refractivity contribution in [3.63, 3.8) is 0 Å². The van der Waals surface area contributed by atoms with E-state index in [4.69, 9.17) is 4.74 Å². The van der Waals surface area contributed by atoms with Gasteiger partial charge in [0.25, 0.3) is 0 Å². The van der Waals surface area contributed by atoms with Crippen molar-refractivity contribution in [1.29, 1.82) is 0 Å². The lowest BCUT2D eigenvalue weighted by molar-refractivity contribution is -0.112. The fourth-order valence-corrected chi connectivity index (χ4v) is 0.895. The summed E-state index contributed by atoms with van der Waals surface area (Å²) in [5.74, 6) is 0.736. The maximum Gasteiger partial charge on any atom is 0.226 e. The van der Waals surface area contributed by atoms with E-state index < -0.39 is 0 Å². The lowest BCUT2D eigenvalue weighted by Crippen LogP contribution is -2.06. The van der Waals surface area contributed by atoms with Crippen LogP contribution in [-0.2, 0) is 4.79 Å². The van der Waals surface area contributed by atoms with Gasteiger partial charge in [-0.2, -0.15) is 0 Å². The minimum absolute atomic E-state index is 0.0406. The summed E-state index contributed by atoms with van der Waals surface area (Å²) in [7, 11) is 0. The van der Waals surface area contributed by atoms with Crippen molar-refractivity contribution < 1.29 is 9.53 Å². The molecule has 0 N–H and O–H groups in total. The zero-order valence-electron chi connectivity index (χ0n) is 6.82. The van der Waals surface area contributed by atoms with Crippen molar-refractivity contribution in [3.8, 4) is 5.75 Å². The van der Waals surface area contributed by atoms with Crippen LogP contribution < -0.4 is 4.74 Å². The standard InChI is InChI=1S/C9H10O2S/c1-12-9(10)7-11-8-5-3-2-4-6-8/h2-6H,7H2,1H3. The Morgan fingerprint density at radius 3 is 2.67 bits per heavy atom. The van der Waals surface area contributed by atoms with Crippen LogP contribution in [0, 0.1) is 0 Å². The molecule has 64 valence electrons. The summed E-state index contributed by atoms with van der Waals surface area (Å²) in [6, 6.07) is 9.31. The van der Waals surface area contributed by atoms with Gasteiger partial charge in [-0.1, -0.05) is 30.0 Å². The number of hydrogen-bond acceptors (Lipinski definition) is 3. The molecule has 0 heterocycles. The maximum absolute atomic E-state index is 10.8. The molecule has 0 amide bonds. The van der Waals surface area contributed by atoms with Gasteiger partial charge in [0.1, 0.15) is 5.75 Å². The van der Waals surface area contributed by atoms with Gasteiger partial charge in [0.2, 0.25) is 5.12 Å². The van der Waals surface area contributed by atoms with Crippen molar-refractivity contribution >= 4 is 16.9 Å². The minimum atomic E-state index is 0.0406. The van der Waals surface area contributed by atoms with Gasteiger partial charge in [-0.25, -0.2) is 0 Å². The van der Waals surface area contributed by atoms with Crippen LogP contribution in [0.2, 0.25) is 0 Å². The molecule has 0 unspecified atom stereocenters. The summed E-state index contributed by atoms with van der Waals surface area (Å²) < 4.78 is 5.19. The van der Waals surface area contributed by atoms with E-state index in [-0.39, 0.29) is 11.7 Å². The van der Waals surface area contributed by atoms with Gasteiger partial charge in [-0.15, -0.1) is 0 Å². The third kappa shape index (κ3) is 2.96. The van der Waals surface area contributed by atoms with E-state index in [1.807, 2.05) is 30.3 Å². The summed E-state index contributed by atoms with van der Waals surface area (Å²) in [5, 5.41) is 0.0406. The van der Waals surface area contributed by atoms with Crippen LogP contribution in [0.4, 0.5) is 0 Å². The van der Waals surface area contributed by atoms with Crippen LogP contribution in [0.5, 0.6) is 5.75 Å². The van der Waals surface area contributed by atoms with Crippen molar-refractivity contribution in [1.82, 2.24) is 0 Å². The second kappa shape index (κ2) is 4.83. The minimum Gasteiger partial charge on any atom is -0.485 e. The third-order valence-electron chi connectivity index (χ3n) is 1.33. The molecule has 0 aliphatic carbocycles. The van der Waals surface area contributed by atoms with Gasteiger partial charge >= 0.3 is 0 Å². The maximum atomic E-state index is 10.8. The Morgan fingerprint density at radius 2 is 2.08 bits per heavy atom. The van der Waals surface area contributed by atoms with E-state index >= 15 is 0 Å². The molecule has 0 aliphatic rings. The van der Waals surface area contributed by atoms with Gasteiger partial charge in [0.15, 0.2) is 6.61 Å². The first-order chi connectivity index (χ1) is 5.83. The quantitative estimate of drug-likeness (QED) is 0.714. The zero-order chi connectivity index (χ0) is 8.81. The third-order valence-corrected chi connectivity index (χ3v) is 1.90. The molecule has 1 aromatic rings. The number of rotatable bonds is 3. The molecular formula is C9H10O2S. The van der Waals surface area contributed by atoms with E-state index in [1.165, 1.54) is 11.8 Å². The summed E-state index contributed by atoms with van der Waals surface area (Å²) in [6.45, 7) is 0.144. The average molecular weight is 182 g/mol. The highest BCUT2D eigenvalue weighted by molar-refractivity contribution is 8.13. The normalized spacial score (nSPS) is 9.42. The molecule has 1 rings (SSSR count). The van der Waals surface area contributed by atoms with Crippen molar-refractivity contribution in [2.75, 3.05) is 12.9 Å². The Balaban J connectivity index is 2.38. The lowest BCUT2D eigenvalue weighted by Gasteiger charge is -2.02. The van der Waals surface area contributed by atoms with Crippen LogP contribution in [0.3, 0.4) is 0 Å². The molecule has 0 aliphatic heterocycles. The van der Waals surface area contributed by atoms with E-state index in [0.717, 1.165) is 5.75 Å². The second-order valence-electron chi connectivity index (χ2n) is 2.18. The number of ether oxygens (including phenoxy) is 1. The van der Waals surface area contributed by atoms with Gasteiger partial charge in [-0.3, -0.25) is 4.79 Å². The topological polar surface area (TPSA) is 26.3 Å². The van der Waals surface area contributed by atoms with Crippen LogP contribution in [-0.4, -0.2) is 18.0 Å². The van der Waals surface area contributed by atoms with Gasteiger partial charge in [-0.05, 0) is 18.4 Å². The first-order valence-electron chi connectivity index (χ1n) is 3.57. The molecule has 0 radical (unpaired) electrons. The molecule has 3 heteroatoms. The molecule has 12 heavy (non-hydrogen) atoms. The molecule has 0 atom stereocenters. The lowest BCUT2D eigenvalue weighted by atomic mass is 10.3. The van der Waals surface area contributed by atoms with Crippen LogP contribution in [0.1, 0.15) is 0 Å². The number of carbonyl (C=O) groups is 1. The zero-order valence-corrected chi connectivity index (χ0v) is 7.64. The molecule has 0 saturated carbocycles. The van der Waals surface area contributed by atoms with E-state index in [9.17, 15) is 4.79 Å². The number of benzene rings is 1. The Kier molecular flexibility index (Phi) is 3.67. The first-order valence-corrected chi connectivity index (χ1v) is 4.80.